The molecule has 2 saturated heterocycles. The first kappa shape index (κ1) is 18.7. The van der Waals surface area contributed by atoms with E-state index in [4.69, 9.17) is 4.74 Å². The maximum atomic E-state index is 13.1. The third-order valence-electron chi connectivity index (χ3n) is 5.26. The molecule has 5 nitrogen and oxygen atoms in total. The Bertz CT molecular complexity index is 553. The van der Waals surface area contributed by atoms with Crippen LogP contribution < -0.4 is 0 Å². The molecule has 0 unspecified atom stereocenters. The summed E-state index contributed by atoms with van der Waals surface area (Å²) in [5.74, 6) is 0. The first-order valence-corrected chi connectivity index (χ1v) is 9.07. The number of alkyl halides is 3. The van der Waals surface area contributed by atoms with Gasteiger partial charge in [0, 0.05) is 44.0 Å². The van der Waals surface area contributed by atoms with Crippen molar-refractivity contribution in [3.05, 3.63) is 17.5 Å². The molecule has 0 amide bonds. The summed E-state index contributed by atoms with van der Waals surface area (Å²) < 4.78 is 46.7. The average Bonchev–Trinajstić information content (AvgIpc) is 3.06. The first-order valence-electron chi connectivity index (χ1n) is 9.07. The summed E-state index contributed by atoms with van der Waals surface area (Å²) in [5.41, 5.74) is 1.87. The maximum Gasteiger partial charge on any atom is 0.404 e. The molecule has 0 spiro atoms. The van der Waals surface area contributed by atoms with Crippen molar-refractivity contribution in [1.82, 2.24) is 19.6 Å². The molecule has 1 aromatic heterocycles. The molecule has 8 heteroatoms. The van der Waals surface area contributed by atoms with Crippen molar-refractivity contribution >= 4 is 0 Å². The van der Waals surface area contributed by atoms with E-state index in [-0.39, 0.29) is 6.42 Å². The van der Waals surface area contributed by atoms with Gasteiger partial charge >= 0.3 is 6.18 Å². The van der Waals surface area contributed by atoms with E-state index in [1.165, 1.54) is 0 Å². The molecule has 0 aliphatic carbocycles. The number of aromatic nitrogens is 2. The van der Waals surface area contributed by atoms with Crippen molar-refractivity contribution in [3.63, 3.8) is 0 Å². The first-order chi connectivity index (χ1) is 11.9. The predicted molar refractivity (Wildman–Crippen MR) is 88.3 cm³/mol. The fourth-order valence-electron chi connectivity index (χ4n) is 3.73. The smallest absolute Gasteiger partial charge is 0.380 e. The molecule has 3 heterocycles. The van der Waals surface area contributed by atoms with Gasteiger partial charge in [0.05, 0.1) is 19.3 Å². The molecule has 142 valence electrons. The van der Waals surface area contributed by atoms with Crippen LogP contribution in [0, 0.1) is 6.92 Å². The Morgan fingerprint density at radius 3 is 2.80 bits per heavy atom. The van der Waals surface area contributed by atoms with Crippen LogP contribution in [0.1, 0.15) is 30.5 Å². The lowest BCUT2D eigenvalue weighted by atomic mass is 10.2. The Balaban J connectivity index is 1.57. The molecule has 0 bridgehead atoms. The second-order valence-corrected chi connectivity index (χ2v) is 6.96. The highest BCUT2D eigenvalue weighted by Crippen LogP contribution is 2.33. The highest BCUT2D eigenvalue weighted by Gasteiger charge is 2.45. The molecule has 0 aromatic carbocycles. The summed E-state index contributed by atoms with van der Waals surface area (Å²) in [5, 5.41) is 4.40. The fourth-order valence-corrected chi connectivity index (χ4v) is 3.73. The number of nitrogens with zero attached hydrogens (tertiary/aromatic N) is 4. The number of ether oxygens (including phenoxy) is 1. The molecule has 0 saturated carbocycles. The van der Waals surface area contributed by atoms with Crippen molar-refractivity contribution in [2.24, 2.45) is 0 Å². The van der Waals surface area contributed by atoms with Crippen LogP contribution in [0.15, 0.2) is 6.20 Å². The number of hydrogen-bond acceptors (Lipinski definition) is 4. The summed E-state index contributed by atoms with van der Waals surface area (Å²) in [4.78, 5) is 3.90. The minimum atomic E-state index is -4.14. The van der Waals surface area contributed by atoms with Gasteiger partial charge in [0.15, 0.2) is 0 Å². The van der Waals surface area contributed by atoms with E-state index in [1.807, 2.05) is 11.6 Å². The summed E-state index contributed by atoms with van der Waals surface area (Å²) in [7, 11) is 0. The minimum absolute atomic E-state index is 0.202. The SMILES string of the molecule is Cc1c(CN2CCC[C@H]2C(F)(F)F)cnn1CCN1CCCOCC1. The van der Waals surface area contributed by atoms with Crippen LogP contribution in [-0.4, -0.2) is 71.2 Å². The Morgan fingerprint density at radius 1 is 1.16 bits per heavy atom. The molecular weight excluding hydrogens is 333 g/mol. The zero-order valence-corrected chi connectivity index (χ0v) is 14.8. The fraction of sp³-hybridized carbons (Fsp3) is 0.824. The number of hydrogen-bond donors (Lipinski definition) is 0. The third-order valence-corrected chi connectivity index (χ3v) is 5.26. The van der Waals surface area contributed by atoms with Gasteiger partial charge in [0.1, 0.15) is 6.04 Å². The number of rotatable bonds is 5. The highest BCUT2D eigenvalue weighted by atomic mass is 19.4. The summed E-state index contributed by atoms with van der Waals surface area (Å²) in [6, 6.07) is -1.31. The van der Waals surface area contributed by atoms with E-state index in [1.54, 1.807) is 11.1 Å². The Kier molecular flexibility index (Phi) is 6.01. The predicted octanol–water partition coefficient (Wildman–Crippen LogP) is 2.44. The van der Waals surface area contributed by atoms with Crippen molar-refractivity contribution in [2.45, 2.75) is 51.5 Å². The van der Waals surface area contributed by atoms with Crippen LogP contribution in [0.2, 0.25) is 0 Å². The van der Waals surface area contributed by atoms with Crippen LogP contribution in [0.4, 0.5) is 13.2 Å². The number of likely N-dealkylation sites (tertiary alicyclic amines) is 1. The molecule has 0 radical (unpaired) electrons. The minimum Gasteiger partial charge on any atom is -0.380 e. The highest BCUT2D eigenvalue weighted by molar-refractivity contribution is 5.16. The molecule has 2 aliphatic rings. The van der Waals surface area contributed by atoms with E-state index < -0.39 is 12.2 Å². The molecule has 25 heavy (non-hydrogen) atoms. The maximum absolute atomic E-state index is 13.1. The summed E-state index contributed by atoms with van der Waals surface area (Å²) >= 11 is 0. The Labute approximate surface area is 146 Å². The average molecular weight is 360 g/mol. The third kappa shape index (κ3) is 4.74. The molecular formula is C17H27F3N4O. The second kappa shape index (κ2) is 8.05. The second-order valence-electron chi connectivity index (χ2n) is 6.96. The van der Waals surface area contributed by atoms with Crippen molar-refractivity contribution in [1.29, 1.82) is 0 Å². The van der Waals surface area contributed by atoms with Gasteiger partial charge in [-0.3, -0.25) is 14.5 Å². The normalized spacial score (nSPS) is 23.9. The lowest BCUT2D eigenvalue weighted by Gasteiger charge is -2.26. The lowest BCUT2D eigenvalue weighted by molar-refractivity contribution is -0.177. The lowest BCUT2D eigenvalue weighted by Crippen LogP contribution is -2.40. The monoisotopic (exact) mass is 360 g/mol. The largest absolute Gasteiger partial charge is 0.404 e. The van der Waals surface area contributed by atoms with Gasteiger partial charge in [0.25, 0.3) is 0 Å². The van der Waals surface area contributed by atoms with Gasteiger partial charge in [-0.1, -0.05) is 0 Å². The van der Waals surface area contributed by atoms with Gasteiger partial charge in [-0.25, -0.2) is 0 Å². The Morgan fingerprint density at radius 2 is 2.00 bits per heavy atom. The van der Waals surface area contributed by atoms with Gasteiger partial charge in [-0.2, -0.15) is 18.3 Å². The van der Waals surface area contributed by atoms with Gasteiger partial charge in [0.2, 0.25) is 0 Å². The van der Waals surface area contributed by atoms with Crippen LogP contribution in [0.5, 0.6) is 0 Å². The van der Waals surface area contributed by atoms with Crippen molar-refractivity contribution in [3.8, 4) is 0 Å². The molecule has 0 N–H and O–H groups in total. The van der Waals surface area contributed by atoms with Gasteiger partial charge in [-0.05, 0) is 32.7 Å². The van der Waals surface area contributed by atoms with Crippen molar-refractivity contribution in [2.75, 3.05) is 39.4 Å². The topological polar surface area (TPSA) is 33.5 Å². The van der Waals surface area contributed by atoms with Crippen LogP contribution >= 0.6 is 0 Å². The quantitative estimate of drug-likeness (QED) is 0.808. The molecule has 2 fully saturated rings. The molecule has 3 rings (SSSR count). The van der Waals surface area contributed by atoms with E-state index in [2.05, 4.69) is 10.00 Å². The zero-order chi connectivity index (χ0) is 17.9. The van der Waals surface area contributed by atoms with E-state index in [0.717, 1.165) is 57.1 Å². The number of halogens is 3. The summed E-state index contributed by atoms with van der Waals surface area (Å²) in [6.45, 7) is 7.95. The standard InChI is InChI=1S/C17H27F3N4O/c1-14-15(13-23-6-2-4-16(23)17(18,19)20)12-21-24(14)8-7-22-5-3-10-25-11-9-22/h12,16H,2-11,13H2,1H3/t16-/m0/s1. The Hall–Kier alpha value is -1.12. The van der Waals surface area contributed by atoms with Gasteiger partial charge in [-0.15, -0.1) is 0 Å². The van der Waals surface area contributed by atoms with E-state index >= 15 is 0 Å². The summed E-state index contributed by atoms with van der Waals surface area (Å²) in [6.07, 6.45) is -0.568. The molecule has 1 aromatic rings. The van der Waals surface area contributed by atoms with Crippen LogP contribution in [0.3, 0.4) is 0 Å². The van der Waals surface area contributed by atoms with E-state index in [0.29, 0.717) is 19.5 Å². The zero-order valence-electron chi connectivity index (χ0n) is 14.8. The van der Waals surface area contributed by atoms with Crippen molar-refractivity contribution < 1.29 is 17.9 Å². The molecule has 2 aliphatic heterocycles. The van der Waals surface area contributed by atoms with Crippen LogP contribution in [0.25, 0.3) is 0 Å². The van der Waals surface area contributed by atoms with Gasteiger partial charge < -0.3 is 4.74 Å². The van der Waals surface area contributed by atoms with E-state index in [9.17, 15) is 13.2 Å². The molecule has 1 atom stereocenters. The van der Waals surface area contributed by atoms with Crippen LogP contribution in [-0.2, 0) is 17.8 Å².